The Balaban J connectivity index is 1.50. The minimum Gasteiger partial charge on any atom is -0.394 e. The second kappa shape index (κ2) is 5.15. The normalized spacial score (nSPS) is 49.3. The average molecular weight is 299 g/mol. The van der Waals surface area contributed by atoms with Crippen molar-refractivity contribution in [2.75, 3.05) is 13.2 Å². The zero-order valence-corrected chi connectivity index (χ0v) is 12.7. The highest BCUT2D eigenvalue weighted by Gasteiger charge is 2.58. The van der Waals surface area contributed by atoms with Crippen LogP contribution in [0.4, 0.5) is 0 Å². The first-order valence-corrected chi connectivity index (χ1v) is 8.13. The first-order chi connectivity index (χ1) is 10.1. The molecular weight excluding hydrogens is 274 g/mol. The monoisotopic (exact) mass is 299 g/mol. The Kier molecular flexibility index (Phi) is 3.52. The molecule has 0 bridgehead atoms. The summed E-state index contributed by atoms with van der Waals surface area (Å²) in [5.41, 5.74) is 0. The summed E-state index contributed by atoms with van der Waals surface area (Å²) in [7, 11) is 0. The number of fused-ring (bicyclic) bond motifs is 2. The van der Waals surface area contributed by atoms with Crippen molar-refractivity contribution in [1.29, 1.82) is 0 Å². The molecule has 3 heterocycles. The van der Waals surface area contributed by atoms with Crippen LogP contribution in [0.3, 0.4) is 0 Å². The van der Waals surface area contributed by atoms with E-state index in [4.69, 9.17) is 19.0 Å². The maximum atomic E-state index is 9.53. The van der Waals surface area contributed by atoms with Gasteiger partial charge < -0.3 is 19.3 Å². The third-order valence-corrected chi connectivity index (χ3v) is 5.11. The molecule has 6 heteroatoms. The van der Waals surface area contributed by atoms with Crippen LogP contribution < -0.4 is 0 Å². The highest BCUT2D eigenvalue weighted by molar-refractivity contribution is 4.98. The van der Waals surface area contributed by atoms with Crippen LogP contribution in [0.2, 0.25) is 0 Å². The summed E-state index contributed by atoms with van der Waals surface area (Å²) in [4.78, 5) is 6.11. The van der Waals surface area contributed by atoms with Crippen LogP contribution in [0.5, 0.6) is 0 Å². The summed E-state index contributed by atoms with van der Waals surface area (Å²) < 4.78 is 17.9. The molecular formula is C15H25NO5. The van der Waals surface area contributed by atoms with Crippen molar-refractivity contribution in [2.45, 2.75) is 76.0 Å². The second-order valence-corrected chi connectivity index (χ2v) is 7.10. The third-order valence-electron chi connectivity index (χ3n) is 5.11. The minimum absolute atomic E-state index is 0.0577. The number of hydrogen-bond donors (Lipinski definition) is 1. The van der Waals surface area contributed by atoms with E-state index in [-0.39, 0.29) is 31.1 Å². The van der Waals surface area contributed by atoms with Crippen molar-refractivity contribution in [3.8, 4) is 0 Å². The highest BCUT2D eigenvalue weighted by atomic mass is 16.8. The molecule has 4 aliphatic rings. The lowest BCUT2D eigenvalue weighted by Crippen LogP contribution is -2.42. The first-order valence-electron chi connectivity index (χ1n) is 8.13. The molecule has 4 rings (SSSR count). The Morgan fingerprint density at radius 1 is 1.14 bits per heavy atom. The van der Waals surface area contributed by atoms with E-state index in [0.717, 1.165) is 13.0 Å². The van der Waals surface area contributed by atoms with Crippen molar-refractivity contribution in [1.82, 2.24) is 5.06 Å². The van der Waals surface area contributed by atoms with Crippen LogP contribution in [-0.4, -0.2) is 59.8 Å². The molecule has 120 valence electrons. The van der Waals surface area contributed by atoms with Crippen molar-refractivity contribution in [2.24, 2.45) is 5.92 Å². The van der Waals surface area contributed by atoms with Crippen molar-refractivity contribution in [3.63, 3.8) is 0 Å². The molecule has 0 spiro atoms. The summed E-state index contributed by atoms with van der Waals surface area (Å²) in [6.45, 7) is 4.64. The van der Waals surface area contributed by atoms with Gasteiger partial charge in [-0.3, -0.25) is 4.84 Å². The molecule has 1 aliphatic carbocycles. The first kappa shape index (κ1) is 14.4. The molecule has 0 radical (unpaired) electrons. The standard InChI is InChI=1S/C15H25NO5/c1-15(2)19-12-11(8-17)18-14(13(12)20-15)16-7-9-5-3-4-6-10(9)21-16/h9-14,17H,3-8H2,1-2H3/t9-,10-,11+,12+,13+,14+/m0/s1. The lowest BCUT2D eigenvalue weighted by molar-refractivity contribution is -0.276. The van der Waals surface area contributed by atoms with E-state index < -0.39 is 5.79 Å². The molecule has 0 amide bonds. The van der Waals surface area contributed by atoms with Gasteiger partial charge in [0, 0.05) is 12.5 Å². The van der Waals surface area contributed by atoms with Crippen LogP contribution in [0.1, 0.15) is 39.5 Å². The number of ether oxygens (including phenoxy) is 3. The van der Waals surface area contributed by atoms with Gasteiger partial charge in [0.15, 0.2) is 12.0 Å². The minimum atomic E-state index is -0.628. The summed E-state index contributed by atoms with van der Waals surface area (Å²) in [5, 5.41) is 11.5. The van der Waals surface area contributed by atoms with Gasteiger partial charge in [-0.25, -0.2) is 0 Å². The summed E-state index contributed by atoms with van der Waals surface area (Å²) in [5.74, 6) is -0.0265. The number of aliphatic hydroxyl groups excluding tert-OH is 1. The second-order valence-electron chi connectivity index (χ2n) is 7.10. The fourth-order valence-electron chi connectivity index (χ4n) is 4.17. The summed E-state index contributed by atoms with van der Waals surface area (Å²) in [6, 6.07) is 0. The van der Waals surface area contributed by atoms with Gasteiger partial charge in [0.25, 0.3) is 0 Å². The molecule has 21 heavy (non-hydrogen) atoms. The largest absolute Gasteiger partial charge is 0.394 e. The zero-order valence-electron chi connectivity index (χ0n) is 12.7. The molecule has 0 aromatic heterocycles. The number of hydroxylamine groups is 2. The van der Waals surface area contributed by atoms with Gasteiger partial charge in [-0.15, -0.1) is 0 Å². The maximum absolute atomic E-state index is 9.53. The molecule has 1 saturated carbocycles. The van der Waals surface area contributed by atoms with Crippen molar-refractivity contribution >= 4 is 0 Å². The van der Waals surface area contributed by atoms with E-state index in [2.05, 4.69) is 0 Å². The van der Waals surface area contributed by atoms with Crippen molar-refractivity contribution < 1.29 is 24.2 Å². The Hall–Kier alpha value is -0.240. The Labute approximate surface area is 125 Å². The van der Waals surface area contributed by atoms with Crippen LogP contribution in [0.15, 0.2) is 0 Å². The van der Waals surface area contributed by atoms with Crippen molar-refractivity contribution in [3.05, 3.63) is 0 Å². The fraction of sp³-hybridized carbons (Fsp3) is 1.00. The molecule has 3 saturated heterocycles. The quantitative estimate of drug-likeness (QED) is 0.822. The van der Waals surface area contributed by atoms with Crippen LogP contribution in [-0.2, 0) is 19.0 Å². The summed E-state index contributed by atoms with van der Waals surface area (Å²) >= 11 is 0. The van der Waals surface area contributed by atoms with Crippen LogP contribution in [0, 0.1) is 5.92 Å². The smallest absolute Gasteiger partial charge is 0.164 e. The molecule has 6 atom stereocenters. The number of hydrogen-bond acceptors (Lipinski definition) is 6. The number of nitrogens with zero attached hydrogens (tertiary/aromatic N) is 1. The SMILES string of the molecule is CC1(C)O[C@@H]2[C@H](O1)[C@@H](CO)O[C@H]2N1C[C@@H]2CCCC[C@@H]2O1. The zero-order chi connectivity index (χ0) is 14.6. The van der Waals surface area contributed by atoms with E-state index in [0.29, 0.717) is 12.0 Å². The summed E-state index contributed by atoms with van der Waals surface area (Å²) in [6.07, 6.45) is 4.19. The van der Waals surface area contributed by atoms with Gasteiger partial charge >= 0.3 is 0 Å². The van der Waals surface area contributed by atoms with Crippen LogP contribution in [0.25, 0.3) is 0 Å². The molecule has 3 aliphatic heterocycles. The predicted octanol–water partition coefficient (Wildman–Crippen LogP) is 1.03. The Morgan fingerprint density at radius 2 is 1.90 bits per heavy atom. The molecule has 0 aromatic rings. The van der Waals surface area contributed by atoms with Gasteiger partial charge in [0.1, 0.15) is 18.3 Å². The topological polar surface area (TPSA) is 60.4 Å². The molecule has 0 aromatic carbocycles. The Morgan fingerprint density at radius 3 is 2.67 bits per heavy atom. The molecule has 6 nitrogen and oxygen atoms in total. The highest BCUT2D eigenvalue weighted by Crippen LogP contribution is 2.42. The van der Waals surface area contributed by atoms with Gasteiger partial charge in [-0.1, -0.05) is 12.8 Å². The average Bonchev–Trinajstić information content (AvgIpc) is 3.08. The fourth-order valence-corrected chi connectivity index (χ4v) is 4.17. The third kappa shape index (κ3) is 2.42. The molecule has 0 unspecified atom stereocenters. The number of aliphatic hydroxyl groups is 1. The predicted molar refractivity (Wildman–Crippen MR) is 73.1 cm³/mol. The Bertz CT molecular complexity index is 390. The molecule has 1 N–H and O–H groups in total. The van der Waals surface area contributed by atoms with E-state index in [1.165, 1.54) is 19.3 Å². The maximum Gasteiger partial charge on any atom is 0.164 e. The van der Waals surface area contributed by atoms with Gasteiger partial charge in [0.2, 0.25) is 0 Å². The van der Waals surface area contributed by atoms with Gasteiger partial charge in [-0.05, 0) is 26.7 Å². The van der Waals surface area contributed by atoms with Crippen LogP contribution >= 0.6 is 0 Å². The lowest BCUT2D eigenvalue weighted by Gasteiger charge is -2.28. The lowest BCUT2D eigenvalue weighted by atomic mass is 9.87. The van der Waals surface area contributed by atoms with Gasteiger partial charge in [-0.2, -0.15) is 5.06 Å². The van der Waals surface area contributed by atoms with E-state index >= 15 is 0 Å². The molecule has 4 fully saturated rings. The van der Waals surface area contributed by atoms with E-state index in [9.17, 15) is 5.11 Å². The van der Waals surface area contributed by atoms with E-state index in [1.807, 2.05) is 18.9 Å². The van der Waals surface area contributed by atoms with E-state index in [1.54, 1.807) is 0 Å². The number of rotatable bonds is 2. The van der Waals surface area contributed by atoms with Gasteiger partial charge in [0.05, 0.1) is 12.7 Å².